The van der Waals surface area contributed by atoms with E-state index in [-0.39, 0.29) is 5.91 Å². The molecule has 1 saturated heterocycles. The van der Waals surface area contributed by atoms with Gasteiger partial charge in [-0.15, -0.1) is 0 Å². The number of ether oxygens (including phenoxy) is 1. The first kappa shape index (κ1) is 23.3. The van der Waals surface area contributed by atoms with Crippen LogP contribution in [0, 0.1) is 0 Å². The Kier molecular flexibility index (Phi) is 7.68. The molecule has 33 heavy (non-hydrogen) atoms. The number of halogens is 1. The smallest absolute Gasteiger partial charge is 0.266 e. The average Bonchev–Trinajstić information content (AvgIpc) is 3.13. The lowest BCUT2D eigenvalue weighted by molar-refractivity contribution is -0.122. The molecule has 4 rings (SSSR count). The summed E-state index contributed by atoms with van der Waals surface area (Å²) in [5.41, 5.74) is 4.15. The van der Waals surface area contributed by atoms with Gasteiger partial charge in [-0.05, 0) is 78.2 Å². The van der Waals surface area contributed by atoms with Gasteiger partial charge in [0.2, 0.25) is 0 Å². The maximum Gasteiger partial charge on any atom is 0.266 e. The Morgan fingerprint density at radius 2 is 1.73 bits per heavy atom. The lowest BCUT2D eigenvalue weighted by atomic mass is 10.1. The first-order valence-electron chi connectivity index (χ1n) is 10.9. The van der Waals surface area contributed by atoms with Crippen molar-refractivity contribution in [3.63, 3.8) is 0 Å². The second kappa shape index (κ2) is 10.9. The molecule has 0 unspecified atom stereocenters. The highest BCUT2D eigenvalue weighted by atomic mass is 79.9. The molecule has 1 aliphatic heterocycles. The predicted molar refractivity (Wildman–Crippen MR) is 141 cm³/mol. The van der Waals surface area contributed by atoms with Crippen LogP contribution in [0.25, 0.3) is 6.08 Å². The van der Waals surface area contributed by atoms with E-state index in [1.165, 1.54) is 17.3 Å². The standard InChI is InChI=1S/C27H25BrN2O2S/c1-3-21-7-5-6-8-24(21)29-27-30(4-2)26(31)25(33-27)17-19-11-15-23(16-12-19)32-18-20-9-13-22(28)14-10-20/h5-17H,3-4,18H2,1-2H3/b25-17+,29-27?. The molecule has 1 heterocycles. The molecule has 3 aromatic carbocycles. The summed E-state index contributed by atoms with van der Waals surface area (Å²) in [7, 11) is 0. The second-order valence-electron chi connectivity index (χ2n) is 7.52. The van der Waals surface area contributed by atoms with E-state index in [9.17, 15) is 4.79 Å². The van der Waals surface area contributed by atoms with Gasteiger partial charge in [-0.2, -0.15) is 0 Å². The quantitative estimate of drug-likeness (QED) is 0.309. The molecule has 6 heteroatoms. The van der Waals surface area contributed by atoms with E-state index in [1.54, 1.807) is 4.90 Å². The van der Waals surface area contributed by atoms with E-state index in [4.69, 9.17) is 9.73 Å². The summed E-state index contributed by atoms with van der Waals surface area (Å²) >= 11 is 4.87. The molecule has 0 saturated carbocycles. The van der Waals surface area contributed by atoms with Gasteiger partial charge in [0.05, 0.1) is 10.6 Å². The monoisotopic (exact) mass is 520 g/mol. The summed E-state index contributed by atoms with van der Waals surface area (Å²) in [6.45, 7) is 5.17. The minimum atomic E-state index is -0.00852. The van der Waals surface area contributed by atoms with Crippen LogP contribution < -0.4 is 4.74 Å². The zero-order valence-electron chi connectivity index (χ0n) is 18.6. The SMILES string of the molecule is CCc1ccccc1N=C1S/C(=C/c2ccc(OCc3ccc(Br)cc3)cc2)C(=O)N1CC. The summed E-state index contributed by atoms with van der Waals surface area (Å²) in [4.78, 5) is 20.2. The number of amidine groups is 1. The Hall–Kier alpha value is -2.83. The molecule has 1 aliphatic rings. The number of nitrogens with zero attached hydrogens (tertiary/aromatic N) is 2. The van der Waals surface area contributed by atoms with Crippen molar-refractivity contribution in [2.24, 2.45) is 4.99 Å². The highest BCUT2D eigenvalue weighted by Crippen LogP contribution is 2.35. The van der Waals surface area contributed by atoms with E-state index in [0.29, 0.717) is 18.1 Å². The zero-order valence-corrected chi connectivity index (χ0v) is 21.0. The normalized spacial score (nSPS) is 16.1. The number of carbonyl (C=O) groups is 1. The van der Waals surface area contributed by atoms with Crippen molar-refractivity contribution < 1.29 is 9.53 Å². The molecular weight excluding hydrogens is 496 g/mol. The van der Waals surface area contributed by atoms with Gasteiger partial charge in [-0.25, -0.2) is 4.99 Å². The molecule has 0 aliphatic carbocycles. The van der Waals surface area contributed by atoms with E-state index in [1.807, 2.05) is 79.7 Å². The molecule has 168 valence electrons. The van der Waals surface area contributed by atoms with Crippen LogP contribution >= 0.6 is 27.7 Å². The number of aliphatic imine (C=N–C) groups is 1. The van der Waals surface area contributed by atoms with Gasteiger partial charge in [-0.3, -0.25) is 9.69 Å². The number of benzene rings is 3. The molecule has 0 atom stereocenters. The van der Waals surface area contributed by atoms with E-state index in [2.05, 4.69) is 28.9 Å². The molecule has 4 nitrogen and oxygen atoms in total. The Bertz CT molecular complexity index is 1190. The van der Waals surface area contributed by atoms with Gasteiger partial charge in [0.1, 0.15) is 12.4 Å². The molecule has 0 N–H and O–H groups in total. The van der Waals surface area contributed by atoms with Crippen LogP contribution in [0.1, 0.15) is 30.5 Å². The lowest BCUT2D eigenvalue weighted by Crippen LogP contribution is -2.28. The van der Waals surface area contributed by atoms with Crippen LogP contribution in [0.5, 0.6) is 5.75 Å². The molecule has 0 bridgehead atoms. The molecule has 1 amide bonds. The molecule has 1 fully saturated rings. The summed E-state index contributed by atoms with van der Waals surface area (Å²) in [5.74, 6) is 0.782. The van der Waals surface area contributed by atoms with Gasteiger partial charge in [0.15, 0.2) is 5.17 Å². The Morgan fingerprint density at radius 3 is 2.42 bits per heavy atom. The number of rotatable bonds is 7. The fourth-order valence-corrected chi connectivity index (χ4v) is 4.77. The van der Waals surface area contributed by atoms with Crippen molar-refractivity contribution in [1.82, 2.24) is 4.90 Å². The predicted octanol–water partition coefficient (Wildman–Crippen LogP) is 7.21. The summed E-state index contributed by atoms with van der Waals surface area (Å²) in [5, 5.41) is 0.726. The number of para-hydroxylation sites is 1. The third kappa shape index (κ3) is 5.75. The van der Waals surface area contributed by atoms with Gasteiger partial charge in [0.25, 0.3) is 5.91 Å². The van der Waals surface area contributed by atoms with E-state index >= 15 is 0 Å². The maximum absolute atomic E-state index is 13.0. The van der Waals surface area contributed by atoms with E-state index < -0.39 is 0 Å². The fraction of sp³-hybridized carbons (Fsp3) is 0.185. The van der Waals surface area contributed by atoms with Gasteiger partial charge in [0, 0.05) is 11.0 Å². The molecule has 0 radical (unpaired) electrons. The van der Waals surface area contributed by atoms with Crippen molar-refractivity contribution in [2.75, 3.05) is 6.54 Å². The van der Waals surface area contributed by atoms with Crippen molar-refractivity contribution >= 4 is 50.5 Å². The number of hydrogen-bond acceptors (Lipinski definition) is 4. The topological polar surface area (TPSA) is 41.9 Å². The van der Waals surface area contributed by atoms with Crippen LogP contribution in [-0.2, 0) is 17.8 Å². The number of amides is 1. The van der Waals surface area contributed by atoms with Crippen LogP contribution in [-0.4, -0.2) is 22.5 Å². The lowest BCUT2D eigenvalue weighted by Gasteiger charge is -2.12. The maximum atomic E-state index is 13.0. The first-order chi connectivity index (χ1) is 16.1. The zero-order chi connectivity index (χ0) is 23.2. The number of hydrogen-bond donors (Lipinski definition) is 0. The summed E-state index contributed by atoms with van der Waals surface area (Å²) in [6, 6.07) is 23.9. The minimum absolute atomic E-state index is 0.00852. The highest BCUT2D eigenvalue weighted by Gasteiger charge is 2.32. The molecule has 0 spiro atoms. The van der Waals surface area contributed by atoms with Crippen LogP contribution in [0.2, 0.25) is 0 Å². The number of carbonyl (C=O) groups excluding carboxylic acids is 1. The third-order valence-electron chi connectivity index (χ3n) is 5.29. The largest absolute Gasteiger partial charge is 0.489 e. The van der Waals surface area contributed by atoms with Crippen LogP contribution in [0.15, 0.2) is 87.2 Å². The summed E-state index contributed by atoms with van der Waals surface area (Å²) in [6.07, 6.45) is 2.82. The van der Waals surface area contributed by atoms with E-state index in [0.717, 1.165) is 38.6 Å². The number of aryl methyl sites for hydroxylation is 1. The molecular formula is C27H25BrN2O2S. The van der Waals surface area contributed by atoms with Crippen molar-refractivity contribution in [2.45, 2.75) is 26.9 Å². The average molecular weight is 521 g/mol. The molecule has 3 aromatic rings. The van der Waals surface area contributed by atoms with Crippen molar-refractivity contribution in [1.29, 1.82) is 0 Å². The first-order valence-corrected chi connectivity index (χ1v) is 12.5. The summed E-state index contributed by atoms with van der Waals surface area (Å²) < 4.78 is 6.93. The van der Waals surface area contributed by atoms with Gasteiger partial charge >= 0.3 is 0 Å². The van der Waals surface area contributed by atoms with Crippen molar-refractivity contribution in [3.05, 3.63) is 98.9 Å². The highest BCUT2D eigenvalue weighted by molar-refractivity contribution is 9.10. The second-order valence-corrected chi connectivity index (χ2v) is 9.45. The third-order valence-corrected chi connectivity index (χ3v) is 6.82. The Labute approximate surface area is 207 Å². The van der Waals surface area contributed by atoms with Gasteiger partial charge < -0.3 is 4.74 Å². The van der Waals surface area contributed by atoms with Crippen LogP contribution in [0.3, 0.4) is 0 Å². The minimum Gasteiger partial charge on any atom is -0.489 e. The number of thioether (sulfide) groups is 1. The Balaban J connectivity index is 1.48. The van der Waals surface area contributed by atoms with Crippen molar-refractivity contribution in [3.8, 4) is 5.75 Å². The van der Waals surface area contributed by atoms with Gasteiger partial charge in [-0.1, -0.05) is 65.3 Å². The number of likely N-dealkylation sites (N-methyl/N-ethyl adjacent to an activating group) is 1. The molecule has 0 aromatic heterocycles. The Morgan fingerprint density at radius 1 is 1.00 bits per heavy atom. The fourth-order valence-electron chi connectivity index (χ4n) is 3.45. The van der Waals surface area contributed by atoms with Crippen LogP contribution in [0.4, 0.5) is 5.69 Å².